The minimum atomic E-state index is -0.438. The molecule has 0 spiro atoms. The zero-order valence-electron chi connectivity index (χ0n) is 16.6. The van der Waals surface area contributed by atoms with E-state index in [9.17, 15) is 4.79 Å². The van der Waals surface area contributed by atoms with Gasteiger partial charge in [-0.05, 0) is 49.2 Å². The van der Waals surface area contributed by atoms with E-state index in [0.717, 1.165) is 26.5 Å². The van der Waals surface area contributed by atoms with E-state index in [1.807, 2.05) is 37.3 Å². The van der Waals surface area contributed by atoms with Crippen molar-refractivity contribution in [1.29, 1.82) is 0 Å². The molecule has 1 aromatic heterocycles. The summed E-state index contributed by atoms with van der Waals surface area (Å²) in [6.45, 7) is 4.94. The van der Waals surface area contributed by atoms with Gasteiger partial charge in [0.05, 0.1) is 29.4 Å². The lowest BCUT2D eigenvalue weighted by atomic mass is 10.1. The highest BCUT2D eigenvalue weighted by Crippen LogP contribution is 2.33. The van der Waals surface area contributed by atoms with Crippen molar-refractivity contribution in [3.05, 3.63) is 62.7 Å². The molecule has 0 saturated heterocycles. The van der Waals surface area contributed by atoms with Crippen LogP contribution in [0.5, 0.6) is 5.75 Å². The third kappa shape index (κ3) is 4.99. The van der Waals surface area contributed by atoms with Crippen molar-refractivity contribution in [3.8, 4) is 5.75 Å². The summed E-state index contributed by atoms with van der Waals surface area (Å²) in [5.74, 6) is 0.502. The van der Waals surface area contributed by atoms with Gasteiger partial charge in [-0.2, -0.15) is 0 Å². The molecular formula is C22H21BrCl2N2O3. The number of esters is 1. The summed E-state index contributed by atoms with van der Waals surface area (Å²) >= 11 is 15.9. The van der Waals surface area contributed by atoms with Gasteiger partial charge in [0.2, 0.25) is 0 Å². The summed E-state index contributed by atoms with van der Waals surface area (Å²) in [6, 6.07) is 9.43. The van der Waals surface area contributed by atoms with E-state index in [-0.39, 0.29) is 6.61 Å². The van der Waals surface area contributed by atoms with Crippen molar-refractivity contribution in [3.63, 3.8) is 0 Å². The molecule has 0 fully saturated rings. The number of halogens is 3. The average molecular weight is 512 g/mol. The van der Waals surface area contributed by atoms with Gasteiger partial charge in [0.25, 0.3) is 0 Å². The van der Waals surface area contributed by atoms with Crippen molar-refractivity contribution in [1.82, 2.24) is 4.98 Å². The summed E-state index contributed by atoms with van der Waals surface area (Å²) in [5, 5.41) is 4.68. The predicted molar refractivity (Wildman–Crippen MR) is 125 cm³/mol. The minimum absolute atomic E-state index is 0.274. The molecule has 3 rings (SSSR count). The highest BCUT2D eigenvalue weighted by Gasteiger charge is 2.18. The second-order valence-corrected chi connectivity index (χ2v) is 8.00. The number of ether oxygens (including phenoxy) is 2. The number of carbonyl (C=O) groups excluding carboxylic acids is 1. The molecule has 0 bridgehead atoms. The van der Waals surface area contributed by atoms with Gasteiger partial charge >= 0.3 is 5.97 Å². The van der Waals surface area contributed by atoms with Crippen molar-refractivity contribution in [2.45, 2.75) is 26.3 Å². The third-order valence-corrected chi connectivity index (χ3v) is 5.46. The average Bonchev–Trinajstić information content (AvgIpc) is 2.73. The fraction of sp³-hybridized carbons (Fsp3) is 0.273. The Morgan fingerprint density at radius 3 is 2.67 bits per heavy atom. The fourth-order valence-corrected chi connectivity index (χ4v) is 4.08. The van der Waals surface area contributed by atoms with Crippen LogP contribution >= 0.6 is 39.1 Å². The maximum absolute atomic E-state index is 12.6. The molecule has 3 aromatic rings. The van der Waals surface area contributed by atoms with Crippen molar-refractivity contribution in [2.24, 2.45) is 0 Å². The summed E-state index contributed by atoms with van der Waals surface area (Å²) in [6.07, 6.45) is 1.53. The van der Waals surface area contributed by atoms with Crippen LogP contribution in [-0.4, -0.2) is 24.2 Å². The normalized spacial score (nSPS) is 10.8. The standard InChI is InChI=1S/C22H21BrCl2N2O3/c1-3-29-19-6-5-13(7-18(19)25)11-26-21-16-9-15(23)8-14(10-24)20(16)27-12-17(21)22(28)30-4-2/h5-9,12H,3-4,10-11H2,1-2H3,(H,26,27). The zero-order valence-corrected chi connectivity index (χ0v) is 19.7. The number of hydrogen-bond donors (Lipinski definition) is 1. The number of aromatic nitrogens is 1. The topological polar surface area (TPSA) is 60.5 Å². The second kappa shape index (κ2) is 10.3. The Labute approximate surface area is 193 Å². The lowest BCUT2D eigenvalue weighted by Gasteiger charge is -2.16. The molecule has 8 heteroatoms. The van der Waals surface area contributed by atoms with E-state index in [1.165, 1.54) is 6.20 Å². The Hall–Kier alpha value is -2.02. The molecule has 0 aliphatic rings. The number of benzene rings is 2. The van der Waals surface area contributed by atoms with Crippen LogP contribution in [0.25, 0.3) is 10.9 Å². The first-order valence-corrected chi connectivity index (χ1v) is 11.2. The molecule has 2 aromatic carbocycles. The van der Waals surface area contributed by atoms with Gasteiger partial charge in [-0.1, -0.05) is 33.6 Å². The molecule has 0 atom stereocenters. The van der Waals surface area contributed by atoms with Crippen LogP contribution < -0.4 is 10.1 Å². The van der Waals surface area contributed by atoms with E-state index in [2.05, 4.69) is 26.2 Å². The summed E-state index contributed by atoms with van der Waals surface area (Å²) < 4.78 is 11.6. The number of fused-ring (bicyclic) bond motifs is 1. The smallest absolute Gasteiger partial charge is 0.341 e. The van der Waals surface area contributed by atoms with E-state index in [1.54, 1.807) is 6.92 Å². The van der Waals surface area contributed by atoms with Gasteiger partial charge in [0, 0.05) is 28.5 Å². The quantitative estimate of drug-likeness (QED) is 0.273. The van der Waals surface area contributed by atoms with Crippen molar-refractivity contribution < 1.29 is 14.3 Å². The number of nitrogens with zero attached hydrogens (tertiary/aromatic N) is 1. The molecular weight excluding hydrogens is 491 g/mol. The first-order valence-electron chi connectivity index (χ1n) is 9.47. The van der Waals surface area contributed by atoms with Crippen molar-refractivity contribution in [2.75, 3.05) is 18.5 Å². The van der Waals surface area contributed by atoms with E-state index in [4.69, 9.17) is 32.7 Å². The van der Waals surface area contributed by atoms with Crippen LogP contribution in [0.4, 0.5) is 5.69 Å². The summed E-state index contributed by atoms with van der Waals surface area (Å²) in [4.78, 5) is 17.0. The van der Waals surface area contributed by atoms with E-state index < -0.39 is 5.97 Å². The van der Waals surface area contributed by atoms with E-state index in [0.29, 0.717) is 41.1 Å². The van der Waals surface area contributed by atoms with Gasteiger partial charge in [-0.25, -0.2) is 4.79 Å². The fourth-order valence-electron chi connectivity index (χ4n) is 3.11. The lowest BCUT2D eigenvalue weighted by Crippen LogP contribution is -2.11. The molecule has 0 aliphatic heterocycles. The molecule has 0 radical (unpaired) electrons. The van der Waals surface area contributed by atoms with Crippen molar-refractivity contribution >= 4 is 61.7 Å². The zero-order chi connectivity index (χ0) is 21.7. The van der Waals surface area contributed by atoms with Gasteiger partial charge < -0.3 is 14.8 Å². The number of nitrogens with one attached hydrogen (secondary N) is 1. The number of carbonyl (C=O) groups is 1. The van der Waals surface area contributed by atoms with Crippen LogP contribution in [0.15, 0.2) is 41.0 Å². The van der Waals surface area contributed by atoms with Crippen LogP contribution in [0.2, 0.25) is 5.02 Å². The molecule has 5 nitrogen and oxygen atoms in total. The maximum atomic E-state index is 12.6. The number of rotatable bonds is 8. The Morgan fingerprint density at radius 1 is 1.20 bits per heavy atom. The Balaban J connectivity index is 2.03. The van der Waals surface area contributed by atoms with Crippen LogP contribution in [0, 0.1) is 0 Å². The molecule has 30 heavy (non-hydrogen) atoms. The lowest BCUT2D eigenvalue weighted by molar-refractivity contribution is 0.0527. The minimum Gasteiger partial charge on any atom is -0.492 e. The highest BCUT2D eigenvalue weighted by atomic mass is 79.9. The predicted octanol–water partition coefficient (Wildman–Crippen LogP) is 6.58. The largest absolute Gasteiger partial charge is 0.492 e. The van der Waals surface area contributed by atoms with Crippen LogP contribution in [0.3, 0.4) is 0 Å². The van der Waals surface area contributed by atoms with Gasteiger partial charge in [-0.15, -0.1) is 11.6 Å². The van der Waals surface area contributed by atoms with Crippen LogP contribution in [-0.2, 0) is 17.2 Å². The number of alkyl halides is 1. The molecule has 1 N–H and O–H groups in total. The van der Waals surface area contributed by atoms with Gasteiger partial charge in [-0.3, -0.25) is 4.98 Å². The molecule has 158 valence electrons. The molecule has 0 aliphatic carbocycles. The highest BCUT2D eigenvalue weighted by molar-refractivity contribution is 9.10. The van der Waals surface area contributed by atoms with Crippen LogP contribution in [0.1, 0.15) is 35.3 Å². The Morgan fingerprint density at radius 2 is 2.00 bits per heavy atom. The third-order valence-electron chi connectivity index (χ3n) is 4.42. The number of hydrogen-bond acceptors (Lipinski definition) is 5. The first-order chi connectivity index (χ1) is 14.5. The van der Waals surface area contributed by atoms with Gasteiger partial charge in [0.15, 0.2) is 0 Å². The first kappa shape index (κ1) is 22.7. The molecule has 1 heterocycles. The second-order valence-electron chi connectivity index (χ2n) is 6.41. The van der Waals surface area contributed by atoms with Gasteiger partial charge in [0.1, 0.15) is 11.3 Å². The van der Waals surface area contributed by atoms with E-state index >= 15 is 0 Å². The monoisotopic (exact) mass is 510 g/mol. The maximum Gasteiger partial charge on any atom is 0.341 e. The Bertz CT molecular complexity index is 1080. The number of anilines is 1. The number of pyridine rings is 1. The molecule has 0 saturated carbocycles. The SMILES string of the molecule is CCOC(=O)c1cnc2c(CCl)cc(Br)cc2c1NCc1ccc(OCC)c(Cl)c1. The molecule has 0 amide bonds. The summed E-state index contributed by atoms with van der Waals surface area (Å²) in [5.41, 5.74) is 3.53. The Kier molecular flexibility index (Phi) is 7.81. The summed E-state index contributed by atoms with van der Waals surface area (Å²) in [7, 11) is 0. The molecule has 0 unspecified atom stereocenters.